The van der Waals surface area contributed by atoms with Crippen LogP contribution in [0.25, 0.3) is 105 Å². The van der Waals surface area contributed by atoms with Crippen LogP contribution in [0.3, 0.4) is 0 Å². The Balaban J connectivity index is 1.08. The lowest BCUT2D eigenvalue weighted by Gasteiger charge is -2.13. The molecule has 0 atom stereocenters. The number of benzene rings is 8. The Morgan fingerprint density at radius 1 is 0.327 bits per heavy atom. The molecule has 0 saturated carbocycles. The van der Waals surface area contributed by atoms with Crippen molar-refractivity contribution < 1.29 is 4.42 Å². The van der Waals surface area contributed by atoms with Gasteiger partial charge in [-0.1, -0.05) is 115 Å². The van der Waals surface area contributed by atoms with Crippen molar-refractivity contribution >= 4 is 60.0 Å². The predicted octanol–water partition coefficient (Wildman–Crippen LogP) is 12.8. The summed E-state index contributed by atoms with van der Waals surface area (Å²) >= 11 is 0. The number of aromatic nitrogens is 1. The summed E-state index contributed by atoms with van der Waals surface area (Å²) in [6, 6.07) is 61.6. The lowest BCUT2D eigenvalue weighted by molar-refractivity contribution is 0.660. The summed E-state index contributed by atoms with van der Waals surface area (Å²) < 4.78 is 8.57. The van der Waals surface area contributed by atoms with E-state index in [0.29, 0.717) is 21.9 Å². The quantitative estimate of drug-likeness (QED) is 0.176. The molecule has 0 aliphatic carbocycles. The molecule has 242 valence electrons. The first-order chi connectivity index (χ1) is 25.7. The van der Waals surface area contributed by atoms with Crippen LogP contribution in [0.2, 0.25) is 0 Å². The van der Waals surface area contributed by atoms with E-state index in [1.54, 1.807) is 0 Å². The van der Waals surface area contributed by atoms with Crippen molar-refractivity contribution in [3.8, 4) is 44.5 Å². The van der Waals surface area contributed by atoms with Gasteiger partial charge in [0.05, 0.1) is 27.3 Å². The van der Waals surface area contributed by atoms with Gasteiger partial charge in [0.1, 0.15) is 11.2 Å². The second-order valence-electron chi connectivity index (χ2n) is 13.7. The monoisotopic (exact) mass is 663 g/mol. The maximum atomic E-state index is 13.6. The van der Waals surface area contributed by atoms with Crippen LogP contribution in [0.4, 0.5) is 0 Å². The number of hydrogen-bond acceptors (Lipinski definition) is 2. The molecular formula is C49H29NO2. The van der Waals surface area contributed by atoms with E-state index in [2.05, 4.69) is 138 Å². The van der Waals surface area contributed by atoms with Gasteiger partial charge in [-0.3, -0.25) is 4.79 Å². The molecule has 0 saturated heterocycles. The first-order valence-corrected chi connectivity index (χ1v) is 17.6. The normalized spacial score (nSPS) is 11.9. The first kappa shape index (κ1) is 28.8. The summed E-state index contributed by atoms with van der Waals surface area (Å²) in [7, 11) is 0. The van der Waals surface area contributed by atoms with Crippen molar-refractivity contribution in [3.05, 3.63) is 186 Å². The molecule has 3 aromatic heterocycles. The minimum Gasteiger partial charge on any atom is -0.456 e. The fourth-order valence-corrected chi connectivity index (χ4v) is 8.23. The highest BCUT2D eigenvalue weighted by molar-refractivity contribution is 6.23. The Kier molecular flexibility index (Phi) is 6.11. The average molecular weight is 664 g/mol. The van der Waals surface area contributed by atoms with Crippen LogP contribution < -0.4 is 5.43 Å². The van der Waals surface area contributed by atoms with Gasteiger partial charge in [0, 0.05) is 21.5 Å². The third-order valence-electron chi connectivity index (χ3n) is 10.7. The smallest absolute Gasteiger partial charge is 0.200 e. The van der Waals surface area contributed by atoms with Gasteiger partial charge in [0.25, 0.3) is 0 Å². The maximum Gasteiger partial charge on any atom is 0.200 e. The van der Waals surface area contributed by atoms with Gasteiger partial charge in [-0.15, -0.1) is 0 Å². The van der Waals surface area contributed by atoms with Crippen LogP contribution in [0.5, 0.6) is 0 Å². The summed E-state index contributed by atoms with van der Waals surface area (Å²) in [4.78, 5) is 13.6. The van der Waals surface area contributed by atoms with Gasteiger partial charge < -0.3 is 8.82 Å². The Morgan fingerprint density at radius 3 is 1.65 bits per heavy atom. The molecule has 0 N–H and O–H groups in total. The van der Waals surface area contributed by atoms with Crippen molar-refractivity contribution in [2.75, 3.05) is 0 Å². The predicted molar refractivity (Wildman–Crippen MR) is 216 cm³/mol. The molecule has 11 aromatic rings. The van der Waals surface area contributed by atoms with Crippen molar-refractivity contribution in [2.45, 2.75) is 0 Å². The zero-order valence-electron chi connectivity index (χ0n) is 28.0. The zero-order chi connectivity index (χ0) is 34.3. The van der Waals surface area contributed by atoms with Crippen LogP contribution in [0.15, 0.2) is 185 Å². The van der Waals surface area contributed by atoms with Crippen LogP contribution in [0.1, 0.15) is 0 Å². The van der Waals surface area contributed by atoms with E-state index in [4.69, 9.17) is 4.42 Å². The molecule has 0 aliphatic rings. The summed E-state index contributed by atoms with van der Waals surface area (Å²) in [5.41, 5.74) is 13.7. The van der Waals surface area contributed by atoms with E-state index in [1.807, 2.05) is 42.5 Å². The Bertz CT molecular complexity index is 3260. The van der Waals surface area contributed by atoms with Crippen LogP contribution >= 0.6 is 0 Å². The minimum atomic E-state index is -0.0167. The lowest BCUT2D eigenvalue weighted by Crippen LogP contribution is -2.02. The van der Waals surface area contributed by atoms with Crippen molar-refractivity contribution in [2.24, 2.45) is 0 Å². The number of fused-ring (bicyclic) bond motifs is 8. The van der Waals surface area contributed by atoms with Gasteiger partial charge in [0.2, 0.25) is 5.43 Å². The fraction of sp³-hybridized carbons (Fsp3) is 0. The zero-order valence-corrected chi connectivity index (χ0v) is 28.0. The highest BCUT2D eigenvalue weighted by Crippen LogP contribution is 2.41. The number of nitrogens with zero attached hydrogens (tertiary/aromatic N) is 1. The Hall–Kier alpha value is -6.97. The van der Waals surface area contributed by atoms with Gasteiger partial charge in [0.15, 0.2) is 0 Å². The van der Waals surface area contributed by atoms with Crippen molar-refractivity contribution in [1.29, 1.82) is 0 Å². The van der Waals surface area contributed by atoms with Gasteiger partial charge in [-0.05, 0) is 105 Å². The molecule has 0 radical (unpaired) electrons. The molecule has 52 heavy (non-hydrogen) atoms. The van der Waals surface area contributed by atoms with Crippen molar-refractivity contribution in [3.63, 3.8) is 0 Å². The number of rotatable bonds is 4. The Labute approximate surface area is 298 Å². The largest absolute Gasteiger partial charge is 0.456 e. The van der Waals surface area contributed by atoms with E-state index < -0.39 is 0 Å². The van der Waals surface area contributed by atoms with Crippen LogP contribution in [-0.4, -0.2) is 4.40 Å². The van der Waals surface area contributed by atoms with E-state index >= 15 is 0 Å². The topological polar surface area (TPSA) is 34.6 Å². The molecule has 0 bridgehead atoms. The third-order valence-corrected chi connectivity index (χ3v) is 10.7. The standard InChI is InChI=1S/C49H29NO2/c51-49-42-15-5-7-19-46(42)52-47-23-21-33(28-43(47)49)37-26-35(30-10-2-1-3-11-30)25-36(27-37)32-13-8-12-31(24-32)34-20-22-39-41-17-9-16-40-38-14-4-6-18-44(38)50(48(40)41)45(39)29-34/h1-29H. The molecule has 0 unspecified atom stereocenters. The van der Waals surface area contributed by atoms with Crippen LogP contribution in [-0.2, 0) is 0 Å². The highest BCUT2D eigenvalue weighted by atomic mass is 16.3. The maximum absolute atomic E-state index is 13.6. The van der Waals surface area contributed by atoms with Gasteiger partial charge >= 0.3 is 0 Å². The molecule has 0 spiro atoms. The number of hydrogen-bond donors (Lipinski definition) is 0. The number of para-hydroxylation sites is 3. The SMILES string of the molecule is O=c1c2ccccc2oc2ccc(-c3cc(-c4ccccc4)cc(-c4cccc(-c5ccc6c7cccc8c9ccccc9n(c6c5)c87)c4)c3)cc12. The highest BCUT2D eigenvalue weighted by Gasteiger charge is 2.18. The molecule has 0 aliphatic heterocycles. The molecule has 3 nitrogen and oxygen atoms in total. The molecule has 3 heteroatoms. The molecular weight excluding hydrogens is 635 g/mol. The molecule has 3 heterocycles. The fourth-order valence-electron chi connectivity index (χ4n) is 8.23. The van der Waals surface area contributed by atoms with E-state index in [1.165, 1.54) is 43.7 Å². The van der Waals surface area contributed by atoms with E-state index in [-0.39, 0.29) is 5.43 Å². The minimum absolute atomic E-state index is 0.0167. The first-order valence-electron chi connectivity index (χ1n) is 17.6. The molecule has 11 rings (SSSR count). The molecule has 8 aromatic carbocycles. The van der Waals surface area contributed by atoms with E-state index in [0.717, 1.165) is 38.9 Å². The second kappa shape index (κ2) is 11.0. The third kappa shape index (κ3) is 4.30. The summed E-state index contributed by atoms with van der Waals surface area (Å²) in [6.07, 6.45) is 0. The summed E-state index contributed by atoms with van der Waals surface area (Å²) in [5.74, 6) is 0. The molecule has 0 fully saturated rings. The van der Waals surface area contributed by atoms with Crippen LogP contribution in [0, 0.1) is 0 Å². The molecule has 0 amide bonds. The second-order valence-corrected chi connectivity index (χ2v) is 13.7. The summed E-state index contributed by atoms with van der Waals surface area (Å²) in [6.45, 7) is 0. The average Bonchev–Trinajstić information content (AvgIpc) is 3.73. The lowest BCUT2D eigenvalue weighted by atomic mass is 9.91. The van der Waals surface area contributed by atoms with Gasteiger partial charge in [-0.25, -0.2) is 0 Å². The summed E-state index contributed by atoms with van der Waals surface area (Å²) in [5, 5.41) is 6.30. The van der Waals surface area contributed by atoms with E-state index in [9.17, 15) is 4.79 Å². The Morgan fingerprint density at radius 2 is 0.846 bits per heavy atom. The van der Waals surface area contributed by atoms with Gasteiger partial charge in [-0.2, -0.15) is 0 Å². The van der Waals surface area contributed by atoms with Crippen molar-refractivity contribution in [1.82, 2.24) is 4.40 Å².